The second-order valence-corrected chi connectivity index (χ2v) is 1.45. The Morgan fingerprint density at radius 3 is 2.86 bits per heavy atom. The SMILES string of the molecule is CC1=CNN[C]=C1. The molecule has 1 rings (SSSR count). The van der Waals surface area contributed by atoms with E-state index in [9.17, 15) is 0 Å². The highest BCUT2D eigenvalue weighted by Gasteiger charge is 1.83. The number of nitrogens with one attached hydrogen (secondary N) is 2. The van der Waals surface area contributed by atoms with Crippen LogP contribution in [0, 0.1) is 6.20 Å². The first kappa shape index (κ1) is 4.24. The van der Waals surface area contributed by atoms with Gasteiger partial charge in [0.15, 0.2) is 0 Å². The Balaban J connectivity index is 2.58. The summed E-state index contributed by atoms with van der Waals surface area (Å²) < 4.78 is 0. The van der Waals surface area contributed by atoms with Crippen molar-refractivity contribution in [3.63, 3.8) is 0 Å². The summed E-state index contributed by atoms with van der Waals surface area (Å²) >= 11 is 0. The zero-order valence-electron chi connectivity index (χ0n) is 4.15. The molecule has 1 radical (unpaired) electrons. The first-order chi connectivity index (χ1) is 3.39. The molecule has 1 heterocycles. The predicted molar refractivity (Wildman–Crippen MR) is 27.8 cm³/mol. The quantitative estimate of drug-likeness (QED) is 0.452. The molecule has 0 unspecified atom stereocenters. The van der Waals surface area contributed by atoms with Crippen LogP contribution < -0.4 is 10.9 Å². The van der Waals surface area contributed by atoms with Gasteiger partial charge in [-0.1, -0.05) is 0 Å². The highest BCUT2D eigenvalue weighted by atomic mass is 15.3. The molecule has 0 saturated carbocycles. The standard InChI is InChI=1S/C5H7N2/c1-5-2-3-6-7-4-5/h2,4,6-7H,1H3. The minimum Gasteiger partial charge on any atom is -0.308 e. The van der Waals surface area contributed by atoms with Crippen LogP contribution in [-0.4, -0.2) is 0 Å². The molecule has 37 valence electrons. The van der Waals surface area contributed by atoms with E-state index >= 15 is 0 Å². The lowest BCUT2D eigenvalue weighted by molar-refractivity contribution is 0.738. The molecule has 0 bridgehead atoms. The maximum Gasteiger partial charge on any atom is 0.0792 e. The molecule has 0 aromatic carbocycles. The Bertz CT molecular complexity index is 113. The number of hydrogen-bond donors (Lipinski definition) is 2. The first-order valence-electron chi connectivity index (χ1n) is 2.15. The smallest absolute Gasteiger partial charge is 0.0792 e. The molecular weight excluding hydrogens is 88.1 g/mol. The van der Waals surface area contributed by atoms with Gasteiger partial charge >= 0.3 is 0 Å². The van der Waals surface area contributed by atoms with Gasteiger partial charge in [0.05, 0.1) is 6.20 Å². The van der Waals surface area contributed by atoms with Gasteiger partial charge in [0.25, 0.3) is 0 Å². The molecule has 0 saturated heterocycles. The van der Waals surface area contributed by atoms with Crippen molar-refractivity contribution < 1.29 is 0 Å². The van der Waals surface area contributed by atoms with E-state index < -0.39 is 0 Å². The van der Waals surface area contributed by atoms with Crippen molar-refractivity contribution in [1.29, 1.82) is 0 Å². The van der Waals surface area contributed by atoms with E-state index in [2.05, 4.69) is 17.1 Å². The lowest BCUT2D eigenvalue weighted by Gasteiger charge is -2.03. The largest absolute Gasteiger partial charge is 0.308 e. The molecule has 1 aliphatic rings. The maximum absolute atomic E-state index is 2.78. The topological polar surface area (TPSA) is 24.1 Å². The number of rotatable bonds is 0. The van der Waals surface area contributed by atoms with Gasteiger partial charge in [0, 0.05) is 6.20 Å². The molecule has 0 atom stereocenters. The van der Waals surface area contributed by atoms with Crippen LogP contribution in [0.2, 0.25) is 0 Å². The minimum atomic E-state index is 1.18. The lowest BCUT2D eigenvalue weighted by atomic mass is 10.3. The van der Waals surface area contributed by atoms with E-state index in [1.165, 1.54) is 5.57 Å². The molecule has 0 aliphatic carbocycles. The van der Waals surface area contributed by atoms with Gasteiger partial charge in [-0.25, -0.2) is 0 Å². The van der Waals surface area contributed by atoms with Crippen molar-refractivity contribution in [2.45, 2.75) is 6.92 Å². The van der Waals surface area contributed by atoms with Gasteiger partial charge in [0.2, 0.25) is 0 Å². The van der Waals surface area contributed by atoms with E-state index in [-0.39, 0.29) is 0 Å². The van der Waals surface area contributed by atoms with E-state index in [4.69, 9.17) is 0 Å². The third-order valence-corrected chi connectivity index (χ3v) is 0.744. The highest BCUT2D eigenvalue weighted by molar-refractivity contribution is 5.14. The van der Waals surface area contributed by atoms with Crippen LogP contribution in [-0.2, 0) is 0 Å². The van der Waals surface area contributed by atoms with Crippen molar-refractivity contribution in [1.82, 2.24) is 10.9 Å². The van der Waals surface area contributed by atoms with E-state index in [0.29, 0.717) is 0 Å². The van der Waals surface area contributed by atoms with Crippen LogP contribution in [0.3, 0.4) is 0 Å². The van der Waals surface area contributed by atoms with Gasteiger partial charge in [-0.3, -0.25) is 5.43 Å². The summed E-state index contributed by atoms with van der Waals surface area (Å²) in [5, 5.41) is 0. The number of allylic oxidation sites excluding steroid dienone is 2. The molecule has 0 spiro atoms. The summed E-state index contributed by atoms with van der Waals surface area (Å²) in [5.74, 6) is 0. The first-order valence-corrected chi connectivity index (χ1v) is 2.15. The molecule has 2 heteroatoms. The van der Waals surface area contributed by atoms with Crippen LogP contribution in [0.15, 0.2) is 17.8 Å². The summed E-state index contributed by atoms with van der Waals surface area (Å²) in [4.78, 5) is 0. The van der Waals surface area contributed by atoms with Gasteiger partial charge < -0.3 is 5.43 Å². The summed E-state index contributed by atoms with van der Waals surface area (Å²) in [5.41, 5.74) is 6.64. The van der Waals surface area contributed by atoms with Crippen molar-refractivity contribution in [2.75, 3.05) is 0 Å². The Morgan fingerprint density at radius 2 is 2.57 bits per heavy atom. The molecule has 0 fully saturated rings. The Morgan fingerprint density at radius 1 is 1.71 bits per heavy atom. The molecule has 2 N–H and O–H groups in total. The van der Waals surface area contributed by atoms with E-state index in [0.717, 1.165) is 0 Å². The zero-order valence-corrected chi connectivity index (χ0v) is 4.15. The monoisotopic (exact) mass is 95.1 g/mol. The molecule has 2 nitrogen and oxygen atoms in total. The summed E-state index contributed by atoms with van der Waals surface area (Å²) in [7, 11) is 0. The van der Waals surface area contributed by atoms with Gasteiger partial charge in [-0.05, 0) is 18.6 Å². The van der Waals surface area contributed by atoms with E-state index in [1.807, 2.05) is 19.2 Å². The Labute approximate surface area is 42.9 Å². The van der Waals surface area contributed by atoms with Crippen LogP contribution in [0.25, 0.3) is 0 Å². The maximum atomic E-state index is 2.78. The molecule has 0 amide bonds. The van der Waals surface area contributed by atoms with Gasteiger partial charge in [0.1, 0.15) is 0 Å². The zero-order chi connectivity index (χ0) is 5.11. The third-order valence-electron chi connectivity index (χ3n) is 0.744. The molecular formula is C5H7N2. The predicted octanol–water partition coefficient (Wildman–Crippen LogP) is 0.315. The molecule has 0 aromatic heterocycles. The van der Waals surface area contributed by atoms with Crippen molar-refractivity contribution in [2.24, 2.45) is 0 Å². The fraction of sp³-hybridized carbons (Fsp3) is 0.200. The van der Waals surface area contributed by atoms with Crippen molar-refractivity contribution in [3.8, 4) is 0 Å². The fourth-order valence-electron chi connectivity index (χ4n) is 0.383. The second-order valence-electron chi connectivity index (χ2n) is 1.45. The van der Waals surface area contributed by atoms with E-state index in [1.54, 1.807) is 0 Å². The van der Waals surface area contributed by atoms with Crippen LogP contribution in [0.1, 0.15) is 6.92 Å². The molecule has 1 aliphatic heterocycles. The molecule has 0 aromatic rings. The number of hydrogen-bond acceptors (Lipinski definition) is 2. The summed E-state index contributed by atoms with van der Waals surface area (Å²) in [6.07, 6.45) is 6.52. The normalized spacial score (nSPS) is 17.0. The Hall–Kier alpha value is -0.920. The minimum absolute atomic E-state index is 1.18. The Kier molecular flexibility index (Phi) is 1.02. The average molecular weight is 95.1 g/mol. The fourth-order valence-corrected chi connectivity index (χ4v) is 0.383. The van der Waals surface area contributed by atoms with Crippen LogP contribution in [0.5, 0.6) is 0 Å². The second kappa shape index (κ2) is 1.69. The van der Waals surface area contributed by atoms with Crippen molar-refractivity contribution >= 4 is 0 Å². The van der Waals surface area contributed by atoms with Crippen molar-refractivity contribution in [3.05, 3.63) is 24.0 Å². The number of hydrazine groups is 1. The lowest BCUT2D eigenvalue weighted by Crippen LogP contribution is -2.23. The van der Waals surface area contributed by atoms with Crippen LogP contribution >= 0.6 is 0 Å². The third kappa shape index (κ3) is 0.961. The van der Waals surface area contributed by atoms with Gasteiger partial charge in [-0.15, -0.1) is 0 Å². The highest BCUT2D eigenvalue weighted by Crippen LogP contribution is 1.91. The van der Waals surface area contributed by atoms with Gasteiger partial charge in [-0.2, -0.15) is 0 Å². The summed E-state index contributed by atoms with van der Waals surface area (Å²) in [6.45, 7) is 2.00. The molecule has 7 heavy (non-hydrogen) atoms. The van der Waals surface area contributed by atoms with Crippen LogP contribution in [0.4, 0.5) is 0 Å². The average Bonchev–Trinajstić information content (AvgIpc) is 1.69. The summed E-state index contributed by atoms with van der Waals surface area (Å²) in [6, 6.07) is 0.